The summed E-state index contributed by atoms with van der Waals surface area (Å²) < 4.78 is 16.2. The van der Waals surface area contributed by atoms with Gasteiger partial charge in [0.1, 0.15) is 12.0 Å². The van der Waals surface area contributed by atoms with Gasteiger partial charge < -0.3 is 4.57 Å². The molecule has 0 aromatic carbocycles. The molecule has 2 aliphatic rings. The van der Waals surface area contributed by atoms with Crippen LogP contribution in [-0.4, -0.2) is 15.7 Å². The number of aryl methyl sites for hydroxylation is 1. The molecule has 1 aromatic heterocycles. The van der Waals surface area contributed by atoms with E-state index in [2.05, 4.69) is 25.5 Å². The largest absolute Gasteiger partial charge is 0.328 e. The van der Waals surface area contributed by atoms with Crippen LogP contribution in [0.25, 0.3) is 6.08 Å². The molecule has 2 heterocycles. The van der Waals surface area contributed by atoms with Gasteiger partial charge in [0.2, 0.25) is 0 Å². The smallest absolute Gasteiger partial charge is 0.137 e. The first-order valence-corrected chi connectivity index (χ1v) is 5.64. The van der Waals surface area contributed by atoms with Gasteiger partial charge in [0.15, 0.2) is 0 Å². The Morgan fingerprint density at radius 2 is 2.43 bits per heavy atom. The average molecular weight is 257 g/mol. The lowest BCUT2D eigenvalue weighted by Crippen LogP contribution is -2.12. The Bertz CT molecular complexity index is 422. The van der Waals surface area contributed by atoms with Crippen molar-refractivity contribution in [2.75, 3.05) is 0 Å². The van der Waals surface area contributed by atoms with E-state index < -0.39 is 6.17 Å². The maximum atomic E-state index is 13.4. The molecule has 3 rings (SSSR count). The van der Waals surface area contributed by atoms with Crippen LogP contribution in [0.1, 0.15) is 23.6 Å². The molecule has 4 heteroatoms. The van der Waals surface area contributed by atoms with Crippen molar-refractivity contribution in [3.63, 3.8) is 0 Å². The van der Waals surface area contributed by atoms with Crippen molar-refractivity contribution in [1.29, 1.82) is 0 Å². The predicted octanol–water partition coefficient (Wildman–Crippen LogP) is 2.46. The molecule has 1 atom stereocenters. The zero-order valence-corrected chi connectivity index (χ0v) is 9.22. The van der Waals surface area contributed by atoms with Crippen LogP contribution in [0, 0.1) is 0 Å². The second-order valence-corrected chi connectivity index (χ2v) is 4.73. The van der Waals surface area contributed by atoms with Gasteiger partial charge >= 0.3 is 0 Å². The normalized spacial score (nSPS) is 24.4. The Hall–Kier alpha value is -0.640. The summed E-state index contributed by atoms with van der Waals surface area (Å²) in [6.45, 7) is 1.03. The third-order valence-electron chi connectivity index (χ3n) is 2.89. The highest BCUT2D eigenvalue weighted by Gasteiger charge is 2.26. The molecule has 0 saturated heterocycles. The summed E-state index contributed by atoms with van der Waals surface area (Å²) in [7, 11) is 0. The fourth-order valence-electron chi connectivity index (χ4n) is 2.20. The van der Waals surface area contributed by atoms with E-state index in [4.69, 9.17) is 0 Å². The first kappa shape index (κ1) is 8.65. The Kier molecular flexibility index (Phi) is 1.81. The van der Waals surface area contributed by atoms with Crippen molar-refractivity contribution >= 4 is 22.0 Å². The number of hydrogen-bond donors (Lipinski definition) is 0. The van der Waals surface area contributed by atoms with Gasteiger partial charge in [-0.3, -0.25) is 0 Å². The van der Waals surface area contributed by atoms with Crippen LogP contribution in [0.5, 0.6) is 0 Å². The molecular formula is C10H10BrFN2. The van der Waals surface area contributed by atoms with Crippen molar-refractivity contribution in [2.24, 2.45) is 0 Å². The third kappa shape index (κ3) is 1.10. The maximum Gasteiger partial charge on any atom is 0.137 e. The van der Waals surface area contributed by atoms with E-state index in [1.54, 1.807) is 0 Å². The molecule has 1 unspecified atom stereocenters. The molecule has 0 fully saturated rings. The number of aromatic nitrogens is 2. The van der Waals surface area contributed by atoms with Crippen molar-refractivity contribution in [2.45, 2.75) is 32.0 Å². The van der Waals surface area contributed by atoms with Gasteiger partial charge in [0.25, 0.3) is 0 Å². The molecule has 74 valence electrons. The first-order valence-electron chi connectivity index (χ1n) is 4.85. The molecular weight excluding hydrogens is 247 g/mol. The lowest BCUT2D eigenvalue weighted by Gasteiger charge is -2.13. The van der Waals surface area contributed by atoms with Crippen molar-refractivity contribution < 1.29 is 4.39 Å². The van der Waals surface area contributed by atoms with Gasteiger partial charge in [-0.2, -0.15) is 0 Å². The second kappa shape index (κ2) is 2.92. The van der Waals surface area contributed by atoms with Crippen molar-refractivity contribution in [3.05, 3.63) is 21.7 Å². The lowest BCUT2D eigenvalue weighted by atomic mass is 10.1. The van der Waals surface area contributed by atoms with Crippen LogP contribution in [0.3, 0.4) is 0 Å². The molecule has 2 nitrogen and oxygen atoms in total. The number of nitrogens with zero attached hydrogens (tertiary/aromatic N) is 2. The highest BCUT2D eigenvalue weighted by Crippen LogP contribution is 2.32. The highest BCUT2D eigenvalue weighted by molar-refractivity contribution is 9.11. The molecule has 1 aliphatic heterocycles. The van der Waals surface area contributed by atoms with E-state index in [1.807, 2.05) is 6.08 Å². The van der Waals surface area contributed by atoms with E-state index in [1.165, 1.54) is 6.42 Å². The number of alkyl halides is 1. The zero-order valence-electron chi connectivity index (χ0n) is 7.63. The number of halogens is 2. The van der Waals surface area contributed by atoms with E-state index >= 15 is 0 Å². The first-order chi connectivity index (χ1) is 6.75. The Labute approximate surface area is 90.0 Å². The molecule has 1 aliphatic carbocycles. The van der Waals surface area contributed by atoms with E-state index in [0.717, 1.165) is 30.2 Å². The van der Waals surface area contributed by atoms with Crippen LogP contribution >= 0.6 is 15.9 Å². The van der Waals surface area contributed by atoms with Gasteiger partial charge in [0.05, 0.1) is 11.4 Å². The van der Waals surface area contributed by atoms with Gasteiger partial charge in [-0.1, -0.05) is 15.9 Å². The van der Waals surface area contributed by atoms with Crippen molar-refractivity contribution in [3.8, 4) is 0 Å². The summed E-state index contributed by atoms with van der Waals surface area (Å²) in [5, 5.41) is 0. The number of rotatable bonds is 0. The van der Waals surface area contributed by atoms with Gasteiger partial charge in [-0.05, 0) is 12.5 Å². The molecule has 0 saturated carbocycles. The van der Waals surface area contributed by atoms with E-state index in [0.29, 0.717) is 10.9 Å². The van der Waals surface area contributed by atoms with Gasteiger partial charge in [-0.25, -0.2) is 9.37 Å². The standard InChI is InChI=1S/C10H10BrFN2/c11-6-4-9-8(5-7(6)12)13-10-2-1-3-14(9)10/h4,7H,1-3,5H2. The van der Waals surface area contributed by atoms with Crippen LogP contribution < -0.4 is 0 Å². The Morgan fingerprint density at radius 1 is 1.57 bits per heavy atom. The monoisotopic (exact) mass is 256 g/mol. The summed E-state index contributed by atoms with van der Waals surface area (Å²) >= 11 is 3.26. The summed E-state index contributed by atoms with van der Waals surface area (Å²) in [6.07, 6.45) is 3.60. The van der Waals surface area contributed by atoms with E-state index in [-0.39, 0.29) is 0 Å². The highest BCUT2D eigenvalue weighted by atomic mass is 79.9. The number of allylic oxidation sites excluding steroid dienone is 1. The molecule has 0 N–H and O–H groups in total. The van der Waals surface area contributed by atoms with Gasteiger partial charge in [-0.15, -0.1) is 0 Å². The summed E-state index contributed by atoms with van der Waals surface area (Å²) in [5.41, 5.74) is 2.04. The quantitative estimate of drug-likeness (QED) is 0.698. The molecule has 14 heavy (non-hydrogen) atoms. The zero-order chi connectivity index (χ0) is 9.71. The number of hydrogen-bond acceptors (Lipinski definition) is 1. The minimum absolute atomic E-state index is 0.423. The third-order valence-corrected chi connectivity index (χ3v) is 3.62. The number of imidazole rings is 1. The maximum absolute atomic E-state index is 13.4. The summed E-state index contributed by atoms with van der Waals surface area (Å²) in [6, 6.07) is 0. The summed E-state index contributed by atoms with van der Waals surface area (Å²) in [5.74, 6) is 1.13. The van der Waals surface area contributed by atoms with E-state index in [9.17, 15) is 4.39 Å². The molecule has 0 radical (unpaired) electrons. The Balaban J connectivity index is 2.16. The predicted molar refractivity (Wildman–Crippen MR) is 56.1 cm³/mol. The fourth-order valence-corrected chi connectivity index (χ4v) is 2.58. The van der Waals surface area contributed by atoms with Crippen LogP contribution in [0.4, 0.5) is 4.39 Å². The number of fused-ring (bicyclic) bond motifs is 3. The topological polar surface area (TPSA) is 17.8 Å². The molecule has 0 spiro atoms. The molecule has 0 bridgehead atoms. The van der Waals surface area contributed by atoms with Crippen LogP contribution in [0.2, 0.25) is 0 Å². The minimum atomic E-state index is -0.905. The van der Waals surface area contributed by atoms with Gasteiger partial charge in [0, 0.05) is 23.9 Å². The fraction of sp³-hybridized carbons (Fsp3) is 0.500. The van der Waals surface area contributed by atoms with Crippen LogP contribution in [0.15, 0.2) is 4.48 Å². The second-order valence-electron chi connectivity index (χ2n) is 3.82. The average Bonchev–Trinajstić information content (AvgIpc) is 2.68. The molecule has 0 amide bonds. The SMILES string of the molecule is FC1Cc2nc3n(c2C=C1Br)CCC3. The molecule has 1 aromatic rings. The Morgan fingerprint density at radius 3 is 3.29 bits per heavy atom. The lowest BCUT2D eigenvalue weighted by molar-refractivity contribution is 0.390. The summed E-state index contributed by atoms with van der Waals surface area (Å²) in [4.78, 5) is 4.47. The van der Waals surface area contributed by atoms with Crippen LogP contribution in [-0.2, 0) is 19.4 Å². The minimum Gasteiger partial charge on any atom is -0.328 e. The van der Waals surface area contributed by atoms with Crippen molar-refractivity contribution in [1.82, 2.24) is 9.55 Å².